The van der Waals surface area contributed by atoms with E-state index in [2.05, 4.69) is 4.90 Å². The first-order chi connectivity index (χ1) is 11.1. The summed E-state index contributed by atoms with van der Waals surface area (Å²) in [5.74, 6) is 0.422. The second-order valence-corrected chi connectivity index (χ2v) is 5.80. The summed E-state index contributed by atoms with van der Waals surface area (Å²) < 4.78 is 0. The first kappa shape index (κ1) is 20.9. The lowest BCUT2D eigenvalue weighted by molar-refractivity contribution is -0.130. The van der Waals surface area contributed by atoms with Crippen LogP contribution in [0.1, 0.15) is 5.56 Å². The molecule has 1 amide bonds. The number of hydrogen-bond acceptors (Lipinski definition) is 4. The van der Waals surface area contributed by atoms with Gasteiger partial charge in [0.15, 0.2) is 0 Å². The van der Waals surface area contributed by atoms with E-state index in [-0.39, 0.29) is 36.5 Å². The molecule has 0 aromatic heterocycles. The molecule has 136 valence electrons. The van der Waals surface area contributed by atoms with Gasteiger partial charge in [0.05, 0.1) is 6.42 Å². The van der Waals surface area contributed by atoms with E-state index in [0.29, 0.717) is 25.2 Å². The van der Waals surface area contributed by atoms with Gasteiger partial charge in [-0.25, -0.2) is 0 Å². The molecule has 2 aromatic rings. The van der Waals surface area contributed by atoms with Gasteiger partial charge in [-0.3, -0.25) is 4.79 Å². The maximum atomic E-state index is 12.4. The van der Waals surface area contributed by atoms with Crippen molar-refractivity contribution in [3.05, 3.63) is 54.1 Å². The number of anilines is 2. The molecular formula is C18H23Cl2N3O2. The standard InChI is InChI=1S/C18H21N3O2.2ClH/c19-15-3-1-14(2-4-15)13-18(23)21-11-9-20(10-12-21)16-5-7-17(22)8-6-16;;/h1-8,22H,9-13,19H2;2*1H. The monoisotopic (exact) mass is 383 g/mol. The van der Waals surface area contributed by atoms with Crippen LogP contribution >= 0.6 is 24.8 Å². The molecule has 7 heteroatoms. The largest absolute Gasteiger partial charge is 0.508 e. The third-order valence-corrected chi connectivity index (χ3v) is 4.18. The van der Waals surface area contributed by atoms with E-state index >= 15 is 0 Å². The van der Waals surface area contributed by atoms with Crippen LogP contribution in [0.2, 0.25) is 0 Å². The molecule has 0 aliphatic carbocycles. The van der Waals surface area contributed by atoms with Crippen LogP contribution < -0.4 is 10.6 Å². The zero-order valence-corrected chi connectivity index (χ0v) is 15.4. The number of phenols is 1. The minimum Gasteiger partial charge on any atom is -0.508 e. The Kier molecular flexibility index (Phi) is 7.87. The Hall–Kier alpha value is -2.11. The van der Waals surface area contributed by atoms with Crippen LogP contribution in [0.25, 0.3) is 0 Å². The average molecular weight is 384 g/mol. The fourth-order valence-corrected chi connectivity index (χ4v) is 2.80. The number of benzene rings is 2. The summed E-state index contributed by atoms with van der Waals surface area (Å²) in [6.45, 7) is 3.04. The summed E-state index contributed by atoms with van der Waals surface area (Å²) in [5, 5.41) is 9.35. The third kappa shape index (κ3) is 5.44. The van der Waals surface area contributed by atoms with Crippen molar-refractivity contribution in [2.24, 2.45) is 0 Å². The topological polar surface area (TPSA) is 69.8 Å². The van der Waals surface area contributed by atoms with Crippen molar-refractivity contribution in [1.29, 1.82) is 0 Å². The Morgan fingerprint density at radius 1 is 0.920 bits per heavy atom. The van der Waals surface area contributed by atoms with Gasteiger partial charge in [0.25, 0.3) is 0 Å². The van der Waals surface area contributed by atoms with Crippen molar-refractivity contribution in [3.63, 3.8) is 0 Å². The van der Waals surface area contributed by atoms with Crippen molar-refractivity contribution in [2.75, 3.05) is 36.8 Å². The number of carbonyl (C=O) groups is 1. The maximum Gasteiger partial charge on any atom is 0.227 e. The molecule has 1 fully saturated rings. The van der Waals surface area contributed by atoms with Crippen molar-refractivity contribution in [3.8, 4) is 5.75 Å². The molecule has 1 aliphatic heterocycles. The number of nitrogen functional groups attached to an aromatic ring is 1. The molecule has 5 nitrogen and oxygen atoms in total. The minimum atomic E-state index is 0. The summed E-state index contributed by atoms with van der Waals surface area (Å²) in [5.41, 5.74) is 8.44. The molecule has 0 spiro atoms. The van der Waals surface area contributed by atoms with Gasteiger partial charge in [0, 0.05) is 37.6 Å². The third-order valence-electron chi connectivity index (χ3n) is 4.18. The van der Waals surface area contributed by atoms with Crippen LogP contribution in [0.4, 0.5) is 11.4 Å². The Bertz CT molecular complexity index is 670. The van der Waals surface area contributed by atoms with Crippen LogP contribution in [0.3, 0.4) is 0 Å². The Morgan fingerprint density at radius 2 is 1.48 bits per heavy atom. The molecule has 1 heterocycles. The van der Waals surface area contributed by atoms with Crippen molar-refractivity contribution in [2.45, 2.75) is 6.42 Å². The van der Waals surface area contributed by atoms with E-state index in [9.17, 15) is 9.90 Å². The van der Waals surface area contributed by atoms with E-state index in [1.165, 1.54) is 0 Å². The van der Waals surface area contributed by atoms with Gasteiger partial charge in [0.1, 0.15) is 5.75 Å². The van der Waals surface area contributed by atoms with E-state index in [0.717, 1.165) is 24.3 Å². The van der Waals surface area contributed by atoms with Gasteiger partial charge in [-0.05, 0) is 42.0 Å². The molecule has 3 rings (SSSR count). The van der Waals surface area contributed by atoms with Crippen LogP contribution in [0.5, 0.6) is 5.75 Å². The number of hydrogen-bond donors (Lipinski definition) is 2. The lowest BCUT2D eigenvalue weighted by atomic mass is 10.1. The predicted molar refractivity (Wildman–Crippen MR) is 106 cm³/mol. The molecule has 0 atom stereocenters. The van der Waals surface area contributed by atoms with E-state index < -0.39 is 0 Å². The van der Waals surface area contributed by atoms with Gasteiger partial charge in [0.2, 0.25) is 5.91 Å². The number of phenolic OH excluding ortho intramolecular Hbond substituents is 1. The van der Waals surface area contributed by atoms with Gasteiger partial charge < -0.3 is 20.6 Å². The Morgan fingerprint density at radius 3 is 2.04 bits per heavy atom. The second kappa shape index (κ2) is 9.39. The highest BCUT2D eigenvalue weighted by Crippen LogP contribution is 2.20. The molecule has 2 aromatic carbocycles. The molecule has 1 saturated heterocycles. The molecule has 0 bridgehead atoms. The predicted octanol–water partition coefficient (Wildman–Crippen LogP) is 2.71. The number of nitrogens with zero attached hydrogens (tertiary/aromatic N) is 2. The highest BCUT2D eigenvalue weighted by molar-refractivity contribution is 5.85. The number of amides is 1. The van der Waals surface area contributed by atoms with Crippen molar-refractivity contribution >= 4 is 42.1 Å². The lowest BCUT2D eigenvalue weighted by Crippen LogP contribution is -2.49. The van der Waals surface area contributed by atoms with E-state index in [1.807, 2.05) is 41.3 Å². The van der Waals surface area contributed by atoms with Crippen LogP contribution in [0, 0.1) is 0 Å². The Balaban J connectivity index is 0.00000156. The van der Waals surface area contributed by atoms with Crippen LogP contribution in [-0.2, 0) is 11.2 Å². The smallest absolute Gasteiger partial charge is 0.227 e. The Labute approximate surface area is 160 Å². The molecule has 3 N–H and O–H groups in total. The number of rotatable bonds is 3. The SMILES string of the molecule is Cl.Cl.Nc1ccc(CC(=O)N2CCN(c3ccc(O)cc3)CC2)cc1. The second-order valence-electron chi connectivity index (χ2n) is 5.80. The molecule has 0 saturated carbocycles. The minimum absolute atomic E-state index is 0. The van der Waals surface area contributed by atoms with Crippen LogP contribution in [-0.4, -0.2) is 42.1 Å². The number of aromatic hydroxyl groups is 1. The maximum absolute atomic E-state index is 12.4. The average Bonchev–Trinajstić information content (AvgIpc) is 2.58. The number of carbonyl (C=O) groups excluding carboxylic acids is 1. The lowest BCUT2D eigenvalue weighted by Gasteiger charge is -2.36. The number of halogens is 2. The van der Waals surface area contributed by atoms with Gasteiger partial charge in [-0.1, -0.05) is 12.1 Å². The number of nitrogens with two attached hydrogens (primary N) is 1. The first-order valence-corrected chi connectivity index (χ1v) is 7.78. The normalized spacial score (nSPS) is 13.6. The van der Waals surface area contributed by atoms with E-state index in [1.54, 1.807) is 12.1 Å². The quantitative estimate of drug-likeness (QED) is 0.799. The van der Waals surface area contributed by atoms with Crippen molar-refractivity contribution in [1.82, 2.24) is 4.90 Å². The number of piperazine rings is 1. The molecule has 1 aliphatic rings. The summed E-state index contributed by atoms with van der Waals surface area (Å²) in [6, 6.07) is 14.6. The summed E-state index contributed by atoms with van der Waals surface area (Å²) >= 11 is 0. The summed E-state index contributed by atoms with van der Waals surface area (Å²) in [7, 11) is 0. The molecule has 0 radical (unpaired) electrons. The van der Waals surface area contributed by atoms with Gasteiger partial charge in [-0.15, -0.1) is 24.8 Å². The zero-order valence-electron chi connectivity index (χ0n) is 13.8. The molecule has 25 heavy (non-hydrogen) atoms. The van der Waals surface area contributed by atoms with Gasteiger partial charge in [-0.2, -0.15) is 0 Å². The molecule has 0 unspecified atom stereocenters. The fourth-order valence-electron chi connectivity index (χ4n) is 2.80. The summed E-state index contributed by atoms with van der Waals surface area (Å²) in [6.07, 6.45) is 0.416. The first-order valence-electron chi connectivity index (χ1n) is 7.78. The fraction of sp³-hybridized carbons (Fsp3) is 0.278. The summed E-state index contributed by atoms with van der Waals surface area (Å²) in [4.78, 5) is 16.5. The zero-order chi connectivity index (χ0) is 16.2. The van der Waals surface area contributed by atoms with E-state index in [4.69, 9.17) is 5.73 Å². The highest BCUT2D eigenvalue weighted by atomic mass is 35.5. The van der Waals surface area contributed by atoms with Gasteiger partial charge >= 0.3 is 0 Å². The van der Waals surface area contributed by atoms with Crippen molar-refractivity contribution < 1.29 is 9.90 Å². The molecular weight excluding hydrogens is 361 g/mol. The highest BCUT2D eigenvalue weighted by Gasteiger charge is 2.21. The van der Waals surface area contributed by atoms with Crippen LogP contribution in [0.15, 0.2) is 48.5 Å².